The Morgan fingerprint density at radius 3 is 1.88 bits per heavy atom. The second kappa shape index (κ2) is 11.4. The molecule has 10 rings (SSSR count). The van der Waals surface area contributed by atoms with Crippen LogP contribution in [0.3, 0.4) is 0 Å². The summed E-state index contributed by atoms with van der Waals surface area (Å²) < 4.78 is 8.98. The second-order valence-corrected chi connectivity index (χ2v) is 12.6. The number of benzene rings is 7. The van der Waals surface area contributed by atoms with Gasteiger partial charge in [0.05, 0.1) is 16.7 Å². The summed E-state index contributed by atoms with van der Waals surface area (Å²) in [7, 11) is 0. The molecule has 0 aliphatic rings. The van der Waals surface area contributed by atoms with E-state index in [4.69, 9.17) is 9.40 Å². The number of hydrogen-bond donors (Lipinski definition) is 0. The average Bonchev–Trinajstić information content (AvgIpc) is 3.78. The number of aromatic nitrogens is 3. The zero-order chi connectivity index (χ0) is 33.0. The fourth-order valence-electron chi connectivity index (χ4n) is 7.34. The number of para-hydroxylation sites is 2. The lowest BCUT2D eigenvalue weighted by atomic mass is 9.98. The molecule has 0 aliphatic carbocycles. The molecule has 0 saturated heterocycles. The van der Waals surface area contributed by atoms with Gasteiger partial charge in [-0.3, -0.25) is 4.98 Å². The van der Waals surface area contributed by atoms with E-state index in [9.17, 15) is 0 Å². The lowest BCUT2D eigenvalue weighted by Crippen LogP contribution is -1.96. The van der Waals surface area contributed by atoms with Crippen LogP contribution in [0.5, 0.6) is 0 Å². The van der Waals surface area contributed by atoms with Gasteiger partial charge in [0, 0.05) is 39.2 Å². The fraction of sp³-hybridized carbons (Fsp3) is 0. The Balaban J connectivity index is 1.21. The highest BCUT2D eigenvalue weighted by Crippen LogP contribution is 2.39. The molecular formula is C46H29N3O. The quantitative estimate of drug-likeness (QED) is 0.188. The van der Waals surface area contributed by atoms with Gasteiger partial charge < -0.3 is 8.98 Å². The van der Waals surface area contributed by atoms with Gasteiger partial charge in [0.1, 0.15) is 5.52 Å². The first kappa shape index (κ1) is 28.3. The molecule has 50 heavy (non-hydrogen) atoms. The molecule has 4 heteroatoms. The van der Waals surface area contributed by atoms with Gasteiger partial charge in [-0.05, 0) is 76.2 Å². The summed E-state index contributed by atoms with van der Waals surface area (Å²) in [4.78, 5) is 9.90. The minimum Gasteiger partial charge on any atom is -0.436 e. The molecule has 3 aromatic heterocycles. The average molecular weight is 640 g/mol. The number of oxazole rings is 1. The van der Waals surface area contributed by atoms with Gasteiger partial charge in [-0.2, -0.15) is 0 Å². The van der Waals surface area contributed by atoms with Crippen molar-refractivity contribution in [2.24, 2.45) is 0 Å². The van der Waals surface area contributed by atoms with Gasteiger partial charge in [-0.25, -0.2) is 4.98 Å². The molecule has 10 aromatic rings. The van der Waals surface area contributed by atoms with E-state index in [0.717, 1.165) is 66.5 Å². The molecule has 3 heterocycles. The Labute approximate surface area is 288 Å². The van der Waals surface area contributed by atoms with Gasteiger partial charge in [0.2, 0.25) is 5.89 Å². The summed E-state index contributed by atoms with van der Waals surface area (Å²) in [5.41, 5.74) is 12.4. The predicted molar refractivity (Wildman–Crippen MR) is 205 cm³/mol. The number of pyridine rings is 1. The van der Waals surface area contributed by atoms with Crippen molar-refractivity contribution in [3.63, 3.8) is 0 Å². The highest BCUT2D eigenvalue weighted by atomic mass is 16.3. The zero-order valence-electron chi connectivity index (χ0n) is 27.0. The van der Waals surface area contributed by atoms with Crippen LogP contribution in [0.4, 0.5) is 0 Å². The summed E-state index contributed by atoms with van der Waals surface area (Å²) in [6.07, 6.45) is 1.83. The summed E-state index contributed by atoms with van der Waals surface area (Å²) in [5, 5.41) is 4.57. The summed E-state index contributed by atoms with van der Waals surface area (Å²) in [6.45, 7) is 0. The van der Waals surface area contributed by atoms with E-state index >= 15 is 0 Å². The smallest absolute Gasteiger partial charge is 0.227 e. The number of nitrogens with zero attached hydrogens (tertiary/aromatic N) is 3. The highest BCUT2D eigenvalue weighted by Gasteiger charge is 2.19. The molecule has 0 aliphatic heterocycles. The minimum atomic E-state index is 0.577. The number of fused-ring (bicyclic) bond motifs is 6. The SMILES string of the molecule is c1ccc(-c2ccc(-c3cc(-c4nc5c(ccc6cccc(-c7ccccn7)c65)o4)cc(-n4c5ccccc5c5ccccc54)c3)cc2)cc1. The Hall–Kier alpha value is -6.78. The van der Waals surface area contributed by atoms with Crippen molar-refractivity contribution in [1.82, 2.24) is 14.5 Å². The molecule has 0 atom stereocenters. The van der Waals surface area contributed by atoms with E-state index in [0.29, 0.717) is 5.89 Å². The van der Waals surface area contributed by atoms with Crippen molar-refractivity contribution < 1.29 is 4.42 Å². The molecule has 234 valence electrons. The summed E-state index contributed by atoms with van der Waals surface area (Å²) in [6, 6.07) is 59.6. The van der Waals surface area contributed by atoms with E-state index in [2.05, 4.69) is 149 Å². The largest absolute Gasteiger partial charge is 0.436 e. The van der Waals surface area contributed by atoms with E-state index in [1.165, 1.54) is 21.9 Å². The van der Waals surface area contributed by atoms with Crippen LogP contribution < -0.4 is 0 Å². The molecule has 0 amide bonds. The van der Waals surface area contributed by atoms with Crippen LogP contribution in [0, 0.1) is 0 Å². The van der Waals surface area contributed by atoms with Gasteiger partial charge in [0.15, 0.2) is 5.58 Å². The van der Waals surface area contributed by atoms with Crippen molar-refractivity contribution in [2.75, 3.05) is 0 Å². The normalized spacial score (nSPS) is 11.6. The molecule has 0 spiro atoms. The lowest BCUT2D eigenvalue weighted by molar-refractivity contribution is 0.620. The van der Waals surface area contributed by atoms with Crippen LogP contribution >= 0.6 is 0 Å². The summed E-state index contributed by atoms with van der Waals surface area (Å²) in [5.74, 6) is 0.577. The monoisotopic (exact) mass is 639 g/mol. The molecule has 0 bridgehead atoms. The molecule has 7 aromatic carbocycles. The minimum absolute atomic E-state index is 0.577. The maximum atomic E-state index is 6.63. The molecule has 0 fully saturated rings. The Morgan fingerprint density at radius 2 is 1.14 bits per heavy atom. The molecule has 0 unspecified atom stereocenters. The maximum absolute atomic E-state index is 6.63. The predicted octanol–water partition coefficient (Wildman–Crippen LogP) is 12.1. The third-order valence-electron chi connectivity index (χ3n) is 9.67. The van der Waals surface area contributed by atoms with Crippen LogP contribution in [0.1, 0.15) is 0 Å². The van der Waals surface area contributed by atoms with E-state index < -0.39 is 0 Å². The van der Waals surface area contributed by atoms with Crippen molar-refractivity contribution in [1.29, 1.82) is 0 Å². The maximum Gasteiger partial charge on any atom is 0.227 e. The first-order valence-corrected chi connectivity index (χ1v) is 16.8. The molecule has 0 radical (unpaired) electrons. The first-order chi connectivity index (χ1) is 24.8. The van der Waals surface area contributed by atoms with E-state index in [1.807, 2.05) is 36.5 Å². The zero-order valence-corrected chi connectivity index (χ0v) is 27.0. The Morgan fingerprint density at radius 1 is 0.480 bits per heavy atom. The van der Waals surface area contributed by atoms with Crippen LogP contribution in [0.2, 0.25) is 0 Å². The Kier molecular flexibility index (Phi) is 6.46. The number of rotatable bonds is 5. The van der Waals surface area contributed by atoms with Gasteiger partial charge in [-0.1, -0.05) is 121 Å². The van der Waals surface area contributed by atoms with Gasteiger partial charge in [0.25, 0.3) is 0 Å². The van der Waals surface area contributed by atoms with Gasteiger partial charge >= 0.3 is 0 Å². The van der Waals surface area contributed by atoms with Crippen molar-refractivity contribution >= 4 is 43.7 Å². The lowest BCUT2D eigenvalue weighted by Gasteiger charge is -2.13. The molecule has 0 N–H and O–H groups in total. The fourth-order valence-corrected chi connectivity index (χ4v) is 7.34. The number of hydrogen-bond acceptors (Lipinski definition) is 3. The van der Waals surface area contributed by atoms with Gasteiger partial charge in [-0.15, -0.1) is 0 Å². The first-order valence-electron chi connectivity index (χ1n) is 16.8. The third kappa shape index (κ3) is 4.61. The second-order valence-electron chi connectivity index (χ2n) is 12.6. The van der Waals surface area contributed by atoms with Crippen LogP contribution in [-0.4, -0.2) is 14.5 Å². The topological polar surface area (TPSA) is 43.9 Å². The van der Waals surface area contributed by atoms with Crippen molar-refractivity contribution in [2.45, 2.75) is 0 Å². The van der Waals surface area contributed by atoms with Crippen LogP contribution in [0.15, 0.2) is 180 Å². The van der Waals surface area contributed by atoms with E-state index in [-0.39, 0.29) is 0 Å². The van der Waals surface area contributed by atoms with Crippen LogP contribution in [-0.2, 0) is 0 Å². The molecule has 4 nitrogen and oxygen atoms in total. The molecule has 0 saturated carbocycles. The van der Waals surface area contributed by atoms with Crippen molar-refractivity contribution in [3.8, 4) is 50.7 Å². The third-order valence-corrected chi connectivity index (χ3v) is 9.67. The standard InChI is InChI=1S/C46H29N3O/c1-2-11-30(12-3-1)31-20-22-32(23-21-31)34-27-35(29-36(28-34)49-41-18-6-4-14-37(41)38-15-5-7-19-42(38)49)46-48-45-43(50-46)25-24-33-13-10-16-39(44(33)45)40-17-8-9-26-47-40/h1-29H. The summed E-state index contributed by atoms with van der Waals surface area (Å²) >= 11 is 0. The van der Waals surface area contributed by atoms with Crippen LogP contribution in [0.25, 0.3) is 94.3 Å². The van der Waals surface area contributed by atoms with Crippen molar-refractivity contribution in [3.05, 3.63) is 176 Å². The van der Waals surface area contributed by atoms with E-state index in [1.54, 1.807) is 0 Å². The Bertz CT molecular complexity index is 2800. The molecular weight excluding hydrogens is 611 g/mol. The highest BCUT2D eigenvalue weighted by molar-refractivity contribution is 6.12.